The third kappa shape index (κ3) is 5.16. The maximum absolute atomic E-state index is 11.7. The van der Waals surface area contributed by atoms with Crippen molar-refractivity contribution in [3.05, 3.63) is 39.9 Å². The van der Waals surface area contributed by atoms with Crippen molar-refractivity contribution in [2.24, 2.45) is 10.2 Å². The molecule has 1 atom stereocenters. The molecule has 24 heavy (non-hydrogen) atoms. The van der Waals surface area contributed by atoms with Gasteiger partial charge in [-0.15, -0.1) is 5.10 Å². The molecular weight excluding hydrogens is 336 g/mol. The number of amides is 1. The molecule has 0 saturated carbocycles. The van der Waals surface area contributed by atoms with Crippen molar-refractivity contribution >= 4 is 40.7 Å². The number of non-ortho nitro benzene ring substituents is 1. The first-order valence-electron chi connectivity index (χ1n) is 6.92. The van der Waals surface area contributed by atoms with Crippen LogP contribution in [0, 0.1) is 10.1 Å². The van der Waals surface area contributed by atoms with E-state index in [-0.39, 0.29) is 29.4 Å². The second-order valence-electron chi connectivity index (χ2n) is 4.72. The molecule has 0 aromatic heterocycles. The number of esters is 1. The smallest absolute Gasteiger partial charge is 0.302 e. The van der Waals surface area contributed by atoms with Crippen molar-refractivity contribution in [2.75, 3.05) is 6.61 Å². The van der Waals surface area contributed by atoms with E-state index in [9.17, 15) is 19.7 Å². The van der Waals surface area contributed by atoms with Crippen LogP contribution >= 0.6 is 11.8 Å². The van der Waals surface area contributed by atoms with Crippen LogP contribution in [-0.2, 0) is 14.3 Å². The lowest BCUT2D eigenvalue weighted by molar-refractivity contribution is -0.384. The molecule has 1 saturated heterocycles. The first kappa shape index (κ1) is 17.6. The van der Waals surface area contributed by atoms with Crippen LogP contribution in [0.15, 0.2) is 34.5 Å². The minimum atomic E-state index is -0.484. The van der Waals surface area contributed by atoms with Crippen molar-refractivity contribution in [1.82, 2.24) is 5.32 Å². The number of hydrogen-bond donors (Lipinski definition) is 1. The largest absolute Gasteiger partial charge is 0.466 e. The summed E-state index contributed by atoms with van der Waals surface area (Å²) in [5.41, 5.74) is 0.637. The summed E-state index contributed by atoms with van der Waals surface area (Å²) in [7, 11) is 0. The molecule has 1 N–H and O–H groups in total. The van der Waals surface area contributed by atoms with Crippen molar-refractivity contribution in [3.8, 4) is 0 Å². The highest BCUT2D eigenvalue weighted by Crippen LogP contribution is 2.22. The normalized spacial score (nSPS) is 18.8. The molecule has 1 aromatic rings. The molecule has 1 heterocycles. The molecule has 9 nitrogen and oxygen atoms in total. The molecule has 1 aliphatic rings. The zero-order valence-corrected chi connectivity index (χ0v) is 13.5. The predicted octanol–water partition coefficient (Wildman–Crippen LogP) is 1.47. The lowest BCUT2D eigenvalue weighted by Crippen LogP contribution is -2.25. The second kappa shape index (κ2) is 8.20. The Morgan fingerprint density at radius 2 is 2.17 bits per heavy atom. The monoisotopic (exact) mass is 350 g/mol. The minimum Gasteiger partial charge on any atom is -0.466 e. The lowest BCUT2D eigenvalue weighted by Gasteiger charge is -2.04. The maximum atomic E-state index is 11.7. The van der Waals surface area contributed by atoms with Gasteiger partial charge in [0.15, 0.2) is 5.17 Å². The SMILES string of the molecule is CC(=O)OCCC1S/C(=N/N=C/c2ccc([N+](=O)[O-])cc2)NC1=O. The number of amidine groups is 1. The van der Waals surface area contributed by atoms with Gasteiger partial charge in [-0.2, -0.15) is 5.10 Å². The molecule has 1 aliphatic heterocycles. The number of nitro benzene ring substituents is 1. The van der Waals surface area contributed by atoms with E-state index in [2.05, 4.69) is 15.5 Å². The van der Waals surface area contributed by atoms with Gasteiger partial charge in [0.2, 0.25) is 5.91 Å². The molecule has 1 fully saturated rings. The lowest BCUT2D eigenvalue weighted by atomic mass is 10.2. The van der Waals surface area contributed by atoms with Crippen LogP contribution in [0.2, 0.25) is 0 Å². The highest BCUT2D eigenvalue weighted by Gasteiger charge is 2.30. The molecule has 0 spiro atoms. The third-order valence-corrected chi connectivity index (χ3v) is 4.06. The van der Waals surface area contributed by atoms with Crippen molar-refractivity contribution in [2.45, 2.75) is 18.6 Å². The minimum absolute atomic E-state index is 0.00676. The van der Waals surface area contributed by atoms with Gasteiger partial charge in [0.1, 0.15) is 0 Å². The number of carbonyl (C=O) groups is 2. The fourth-order valence-electron chi connectivity index (χ4n) is 1.78. The summed E-state index contributed by atoms with van der Waals surface area (Å²) in [6.45, 7) is 1.47. The molecular formula is C14H14N4O5S. The molecule has 1 aromatic carbocycles. The fourth-order valence-corrected chi connectivity index (χ4v) is 2.69. The zero-order valence-electron chi connectivity index (χ0n) is 12.7. The number of nitrogens with one attached hydrogen (secondary N) is 1. The summed E-state index contributed by atoms with van der Waals surface area (Å²) >= 11 is 1.21. The highest BCUT2D eigenvalue weighted by atomic mass is 32.2. The second-order valence-corrected chi connectivity index (χ2v) is 5.91. The first-order valence-corrected chi connectivity index (χ1v) is 7.80. The molecule has 10 heteroatoms. The topological polar surface area (TPSA) is 123 Å². The van der Waals surface area contributed by atoms with E-state index in [4.69, 9.17) is 4.74 Å². The van der Waals surface area contributed by atoms with Crippen LogP contribution in [0.3, 0.4) is 0 Å². The van der Waals surface area contributed by atoms with Crippen molar-refractivity contribution in [1.29, 1.82) is 0 Å². The van der Waals surface area contributed by atoms with Gasteiger partial charge in [-0.3, -0.25) is 19.7 Å². The summed E-state index contributed by atoms with van der Waals surface area (Å²) in [6.07, 6.45) is 1.82. The van der Waals surface area contributed by atoms with E-state index >= 15 is 0 Å². The Hall–Kier alpha value is -2.75. The van der Waals surface area contributed by atoms with Gasteiger partial charge >= 0.3 is 5.97 Å². The zero-order chi connectivity index (χ0) is 17.5. The molecule has 2 rings (SSSR count). The van der Waals surface area contributed by atoms with E-state index in [0.29, 0.717) is 17.2 Å². The van der Waals surface area contributed by atoms with Gasteiger partial charge in [0, 0.05) is 25.5 Å². The number of carbonyl (C=O) groups excluding carboxylic acids is 2. The van der Waals surface area contributed by atoms with Gasteiger partial charge < -0.3 is 10.1 Å². The van der Waals surface area contributed by atoms with Crippen molar-refractivity contribution in [3.63, 3.8) is 0 Å². The van der Waals surface area contributed by atoms with Crippen LogP contribution in [-0.4, -0.2) is 40.0 Å². The number of benzene rings is 1. The molecule has 126 valence electrons. The average Bonchev–Trinajstić information content (AvgIpc) is 2.87. The van der Waals surface area contributed by atoms with E-state index in [1.54, 1.807) is 12.1 Å². The van der Waals surface area contributed by atoms with Crippen LogP contribution in [0.5, 0.6) is 0 Å². The number of ether oxygens (including phenoxy) is 1. The Kier molecular flexibility index (Phi) is 6.01. The molecule has 1 amide bonds. The van der Waals surface area contributed by atoms with E-state index < -0.39 is 4.92 Å². The van der Waals surface area contributed by atoms with Gasteiger partial charge in [0.05, 0.1) is 23.0 Å². The summed E-state index contributed by atoms with van der Waals surface area (Å²) < 4.78 is 4.80. The summed E-state index contributed by atoms with van der Waals surface area (Å²) in [5, 5.41) is 20.9. The number of nitro groups is 1. The van der Waals surface area contributed by atoms with Crippen LogP contribution in [0.25, 0.3) is 0 Å². The van der Waals surface area contributed by atoms with Crippen LogP contribution < -0.4 is 5.32 Å². The quantitative estimate of drug-likeness (QED) is 0.359. The van der Waals surface area contributed by atoms with Gasteiger partial charge in [0.25, 0.3) is 5.69 Å². The summed E-state index contributed by atoms with van der Waals surface area (Å²) in [4.78, 5) is 32.5. The molecule has 0 radical (unpaired) electrons. The van der Waals surface area contributed by atoms with Crippen LogP contribution in [0.1, 0.15) is 18.9 Å². The molecule has 1 unspecified atom stereocenters. The number of rotatable bonds is 6. The Morgan fingerprint density at radius 3 is 2.79 bits per heavy atom. The highest BCUT2D eigenvalue weighted by molar-refractivity contribution is 8.15. The third-order valence-electron chi connectivity index (χ3n) is 2.92. The number of hydrogen-bond acceptors (Lipinski definition) is 8. The Balaban J connectivity index is 1.89. The van der Waals surface area contributed by atoms with E-state index in [1.807, 2.05) is 0 Å². The summed E-state index contributed by atoms with van der Waals surface area (Å²) in [6, 6.07) is 5.82. The maximum Gasteiger partial charge on any atom is 0.302 e. The van der Waals surface area contributed by atoms with Gasteiger partial charge in [-0.1, -0.05) is 11.8 Å². The van der Waals surface area contributed by atoms with Crippen LogP contribution in [0.4, 0.5) is 5.69 Å². The number of nitrogens with zero attached hydrogens (tertiary/aromatic N) is 3. The summed E-state index contributed by atoms with van der Waals surface area (Å²) in [5.74, 6) is -0.601. The molecule has 0 aliphatic carbocycles. The Labute approximate surface area is 141 Å². The number of thioether (sulfide) groups is 1. The van der Waals surface area contributed by atoms with Gasteiger partial charge in [-0.25, -0.2) is 0 Å². The van der Waals surface area contributed by atoms with Gasteiger partial charge in [-0.05, 0) is 17.7 Å². The Bertz CT molecular complexity index is 702. The Morgan fingerprint density at radius 1 is 1.46 bits per heavy atom. The fraction of sp³-hybridized carbons (Fsp3) is 0.286. The van der Waals surface area contributed by atoms with E-state index in [1.165, 1.54) is 37.0 Å². The molecule has 0 bridgehead atoms. The average molecular weight is 350 g/mol. The van der Waals surface area contributed by atoms with Crippen molar-refractivity contribution < 1.29 is 19.2 Å². The standard InChI is InChI=1S/C14H14N4O5S/c1-9(19)23-7-6-12-13(20)16-14(24-12)17-15-8-10-2-4-11(5-3-10)18(21)22/h2-5,8,12H,6-7H2,1H3,(H,16,17,20)/b15-8+. The van der Waals surface area contributed by atoms with E-state index in [0.717, 1.165) is 0 Å². The predicted molar refractivity (Wildman–Crippen MR) is 88.9 cm³/mol. The first-order chi connectivity index (χ1) is 11.5.